The van der Waals surface area contributed by atoms with Crippen molar-refractivity contribution >= 4 is 39.3 Å². The molecule has 0 saturated carbocycles. The molecule has 0 unspecified atom stereocenters. The zero-order valence-electron chi connectivity index (χ0n) is 17.7. The first-order valence-corrected chi connectivity index (χ1v) is 10.8. The van der Waals surface area contributed by atoms with Crippen molar-refractivity contribution < 1.29 is 4.79 Å². The molecule has 5 rings (SSSR count). The maximum atomic E-state index is 13.5. The predicted octanol–water partition coefficient (Wildman–Crippen LogP) is 5.06. The van der Waals surface area contributed by atoms with Gasteiger partial charge in [-0.05, 0) is 30.3 Å². The molecule has 2 heterocycles. The molecule has 162 valence electrons. The van der Waals surface area contributed by atoms with E-state index in [9.17, 15) is 9.59 Å². The van der Waals surface area contributed by atoms with E-state index in [1.54, 1.807) is 37.4 Å². The SMILES string of the molecule is CN(Cc1nc2ccccc2c(=O)[nH]1)C(=O)c1cc(-c2ccccc2Cl)nc2ccccc12. The fourth-order valence-electron chi connectivity index (χ4n) is 3.87. The van der Waals surface area contributed by atoms with E-state index in [0.717, 1.165) is 10.9 Å². The first kappa shape index (κ1) is 20.8. The standard InChI is InChI=1S/C26H19ClN4O2/c1-31(15-24-29-22-13-7-4-10-18(22)25(32)30-24)26(33)19-14-23(17-9-2-5-11-20(17)27)28-21-12-6-3-8-16(19)21/h2-14H,15H2,1H3,(H,29,30,32). The zero-order valence-corrected chi connectivity index (χ0v) is 18.5. The Labute approximate surface area is 194 Å². The average molecular weight is 455 g/mol. The molecule has 0 bridgehead atoms. The Morgan fingerprint density at radius 3 is 2.30 bits per heavy atom. The summed E-state index contributed by atoms with van der Waals surface area (Å²) in [5.74, 6) is 0.206. The molecular weight excluding hydrogens is 436 g/mol. The van der Waals surface area contributed by atoms with E-state index in [2.05, 4.69) is 9.97 Å². The summed E-state index contributed by atoms with van der Waals surface area (Å²) in [5.41, 5.74) is 2.93. The van der Waals surface area contributed by atoms with Gasteiger partial charge in [-0.25, -0.2) is 9.97 Å². The van der Waals surface area contributed by atoms with Crippen molar-refractivity contribution in [1.29, 1.82) is 0 Å². The largest absolute Gasteiger partial charge is 0.334 e. The molecule has 33 heavy (non-hydrogen) atoms. The maximum absolute atomic E-state index is 13.5. The first-order valence-electron chi connectivity index (χ1n) is 10.4. The summed E-state index contributed by atoms with van der Waals surface area (Å²) in [4.78, 5) is 39.5. The number of fused-ring (bicyclic) bond motifs is 2. The highest BCUT2D eigenvalue weighted by Crippen LogP contribution is 2.30. The Morgan fingerprint density at radius 1 is 0.909 bits per heavy atom. The highest BCUT2D eigenvalue weighted by molar-refractivity contribution is 6.33. The Hall–Kier alpha value is -4.03. The zero-order chi connectivity index (χ0) is 22.9. The molecule has 1 amide bonds. The number of aromatic nitrogens is 3. The number of hydrogen-bond acceptors (Lipinski definition) is 4. The van der Waals surface area contributed by atoms with Gasteiger partial charge in [-0.2, -0.15) is 0 Å². The van der Waals surface area contributed by atoms with Crippen LogP contribution in [-0.4, -0.2) is 32.8 Å². The third-order valence-corrected chi connectivity index (χ3v) is 5.82. The van der Waals surface area contributed by atoms with Crippen molar-refractivity contribution in [3.8, 4) is 11.3 Å². The molecule has 3 aromatic carbocycles. The van der Waals surface area contributed by atoms with Crippen LogP contribution in [0.4, 0.5) is 0 Å². The lowest BCUT2D eigenvalue weighted by atomic mass is 10.0. The van der Waals surface area contributed by atoms with Crippen molar-refractivity contribution in [2.45, 2.75) is 6.54 Å². The molecule has 5 aromatic rings. The van der Waals surface area contributed by atoms with Crippen molar-refractivity contribution in [1.82, 2.24) is 19.9 Å². The molecule has 0 radical (unpaired) electrons. The number of nitrogens with one attached hydrogen (secondary N) is 1. The third kappa shape index (κ3) is 3.97. The summed E-state index contributed by atoms with van der Waals surface area (Å²) in [5, 5.41) is 1.81. The maximum Gasteiger partial charge on any atom is 0.258 e. The van der Waals surface area contributed by atoms with Gasteiger partial charge in [-0.1, -0.05) is 60.1 Å². The molecule has 0 aliphatic carbocycles. The topological polar surface area (TPSA) is 79.0 Å². The molecule has 7 heteroatoms. The number of pyridine rings is 1. The summed E-state index contributed by atoms with van der Waals surface area (Å²) >= 11 is 6.40. The minimum atomic E-state index is -0.230. The van der Waals surface area contributed by atoms with Crippen molar-refractivity contribution in [3.63, 3.8) is 0 Å². The number of amides is 1. The molecule has 2 aromatic heterocycles. The van der Waals surface area contributed by atoms with Gasteiger partial charge in [0.1, 0.15) is 5.82 Å². The molecule has 1 N–H and O–H groups in total. The summed E-state index contributed by atoms with van der Waals surface area (Å²) in [7, 11) is 1.68. The minimum Gasteiger partial charge on any atom is -0.334 e. The molecule has 0 aliphatic rings. The van der Waals surface area contributed by atoms with Crippen LogP contribution >= 0.6 is 11.6 Å². The molecule has 0 spiro atoms. The van der Waals surface area contributed by atoms with Gasteiger partial charge in [0.15, 0.2) is 0 Å². The van der Waals surface area contributed by atoms with Crippen LogP contribution < -0.4 is 5.56 Å². The number of rotatable bonds is 4. The van der Waals surface area contributed by atoms with Crippen LogP contribution in [0.25, 0.3) is 33.1 Å². The Balaban J connectivity index is 1.55. The summed E-state index contributed by atoms with van der Waals surface area (Å²) in [6.45, 7) is 0.150. The Morgan fingerprint density at radius 2 is 1.55 bits per heavy atom. The van der Waals surface area contributed by atoms with Gasteiger partial charge in [-0.3, -0.25) is 9.59 Å². The van der Waals surface area contributed by atoms with Crippen LogP contribution in [0.5, 0.6) is 0 Å². The number of hydrogen-bond donors (Lipinski definition) is 1. The first-order chi connectivity index (χ1) is 16.0. The lowest BCUT2D eigenvalue weighted by molar-refractivity contribution is 0.0783. The number of carbonyl (C=O) groups is 1. The van der Waals surface area contributed by atoms with Crippen molar-refractivity contribution in [3.05, 3.63) is 106 Å². The van der Waals surface area contributed by atoms with Gasteiger partial charge in [0.25, 0.3) is 11.5 Å². The van der Waals surface area contributed by atoms with Gasteiger partial charge >= 0.3 is 0 Å². The van der Waals surface area contributed by atoms with Crippen LogP contribution in [-0.2, 0) is 6.54 Å². The second kappa shape index (κ2) is 8.48. The number of aromatic amines is 1. The molecule has 0 saturated heterocycles. The van der Waals surface area contributed by atoms with Crippen LogP contribution in [0.3, 0.4) is 0 Å². The predicted molar refractivity (Wildman–Crippen MR) is 130 cm³/mol. The smallest absolute Gasteiger partial charge is 0.258 e. The number of halogens is 1. The number of H-pyrrole nitrogens is 1. The van der Waals surface area contributed by atoms with Gasteiger partial charge in [0.2, 0.25) is 0 Å². The van der Waals surface area contributed by atoms with Gasteiger partial charge in [0.05, 0.1) is 34.2 Å². The summed E-state index contributed by atoms with van der Waals surface area (Å²) in [6, 6.07) is 23.8. The Kier molecular flexibility index (Phi) is 5.36. The van der Waals surface area contributed by atoms with Crippen molar-refractivity contribution in [2.24, 2.45) is 0 Å². The second-order valence-electron chi connectivity index (χ2n) is 7.74. The molecule has 0 aliphatic heterocycles. The van der Waals surface area contributed by atoms with Gasteiger partial charge < -0.3 is 9.88 Å². The van der Waals surface area contributed by atoms with E-state index in [-0.39, 0.29) is 18.0 Å². The second-order valence-corrected chi connectivity index (χ2v) is 8.15. The quantitative estimate of drug-likeness (QED) is 0.411. The number of nitrogens with zero attached hydrogens (tertiary/aromatic N) is 3. The van der Waals surface area contributed by atoms with Gasteiger partial charge in [0, 0.05) is 23.0 Å². The molecular formula is C26H19ClN4O2. The lowest BCUT2D eigenvalue weighted by Gasteiger charge is -2.19. The number of carbonyl (C=O) groups excluding carboxylic acids is 1. The summed E-state index contributed by atoms with van der Waals surface area (Å²) in [6.07, 6.45) is 0. The van der Waals surface area contributed by atoms with Gasteiger partial charge in [-0.15, -0.1) is 0 Å². The fourth-order valence-corrected chi connectivity index (χ4v) is 4.10. The number of para-hydroxylation sites is 2. The minimum absolute atomic E-state index is 0.150. The third-order valence-electron chi connectivity index (χ3n) is 5.49. The normalized spacial score (nSPS) is 11.1. The molecule has 6 nitrogen and oxygen atoms in total. The fraction of sp³-hybridized carbons (Fsp3) is 0.0769. The number of benzene rings is 3. The van der Waals surface area contributed by atoms with E-state index < -0.39 is 0 Å². The van der Waals surface area contributed by atoms with Crippen LogP contribution in [0.1, 0.15) is 16.2 Å². The highest BCUT2D eigenvalue weighted by Gasteiger charge is 2.19. The molecule has 0 fully saturated rings. The van der Waals surface area contributed by atoms with E-state index in [1.807, 2.05) is 48.5 Å². The average Bonchev–Trinajstić information content (AvgIpc) is 2.83. The van der Waals surface area contributed by atoms with E-state index in [4.69, 9.17) is 16.6 Å². The Bertz CT molecular complexity index is 1580. The van der Waals surface area contributed by atoms with Crippen LogP contribution in [0.15, 0.2) is 83.7 Å². The van der Waals surface area contributed by atoms with E-state index >= 15 is 0 Å². The van der Waals surface area contributed by atoms with E-state index in [1.165, 1.54) is 4.90 Å². The van der Waals surface area contributed by atoms with Crippen LogP contribution in [0.2, 0.25) is 5.02 Å². The monoisotopic (exact) mass is 454 g/mol. The molecule has 0 atom stereocenters. The lowest BCUT2D eigenvalue weighted by Crippen LogP contribution is -2.28. The summed E-state index contributed by atoms with van der Waals surface area (Å²) < 4.78 is 0. The van der Waals surface area contributed by atoms with Crippen molar-refractivity contribution in [2.75, 3.05) is 7.05 Å². The highest BCUT2D eigenvalue weighted by atomic mass is 35.5. The van der Waals surface area contributed by atoms with E-state index in [0.29, 0.717) is 38.5 Å². The van der Waals surface area contributed by atoms with Crippen LogP contribution in [0, 0.1) is 0 Å².